The Morgan fingerprint density at radius 2 is 2.02 bits per heavy atom. The number of aryl methyl sites for hydroxylation is 2. The highest BCUT2D eigenvalue weighted by molar-refractivity contribution is 9.10. The lowest BCUT2D eigenvalue weighted by molar-refractivity contribution is -0.385. The third-order valence-corrected chi connectivity index (χ3v) is 6.74. The third kappa shape index (κ3) is 6.72. The van der Waals surface area contributed by atoms with E-state index in [9.17, 15) is 19.7 Å². The number of unbranched alkanes of at least 4 members (excludes halogenated alkanes) is 1. The standard InChI is InChI=1S/C28H25BrClN5O5/c1-3-4-9-25-32-23-11-10-19(29)14-20(23)28(37)34(25)31-15-18-12-21(30)27(24(13-18)35(38)39)40-16-26(36)33-22-8-6-5-7-17(22)2/h5-8,10-15H,3-4,9,16H2,1-2H3,(H,33,36). The van der Waals surface area contributed by atoms with Gasteiger partial charge >= 0.3 is 5.69 Å². The van der Waals surface area contributed by atoms with Crippen molar-refractivity contribution in [3.63, 3.8) is 0 Å². The SMILES string of the molecule is CCCCc1nc2ccc(Br)cc2c(=O)n1N=Cc1cc(Cl)c(OCC(=O)Nc2ccccc2C)c([N+](=O)[O-])c1. The molecule has 40 heavy (non-hydrogen) atoms. The Morgan fingerprint density at radius 1 is 1.25 bits per heavy atom. The van der Waals surface area contributed by atoms with Gasteiger partial charge in [0.2, 0.25) is 5.75 Å². The first-order valence-electron chi connectivity index (χ1n) is 12.4. The molecule has 0 aliphatic rings. The number of nitro groups is 1. The highest BCUT2D eigenvalue weighted by Crippen LogP contribution is 2.36. The van der Waals surface area contributed by atoms with Gasteiger partial charge in [0.25, 0.3) is 11.5 Å². The smallest absolute Gasteiger partial charge is 0.313 e. The van der Waals surface area contributed by atoms with Gasteiger partial charge in [0.05, 0.1) is 27.1 Å². The zero-order valence-electron chi connectivity index (χ0n) is 21.7. The number of fused-ring (bicyclic) bond motifs is 1. The van der Waals surface area contributed by atoms with Crippen LogP contribution in [0.1, 0.15) is 36.7 Å². The lowest BCUT2D eigenvalue weighted by Crippen LogP contribution is -2.22. The van der Waals surface area contributed by atoms with Crippen molar-refractivity contribution in [3.05, 3.63) is 102 Å². The van der Waals surface area contributed by atoms with E-state index >= 15 is 0 Å². The summed E-state index contributed by atoms with van der Waals surface area (Å²) in [6, 6.07) is 15.1. The number of halogens is 2. The Bertz CT molecular complexity index is 1690. The molecule has 0 spiro atoms. The van der Waals surface area contributed by atoms with Crippen LogP contribution in [0.4, 0.5) is 11.4 Å². The predicted molar refractivity (Wildman–Crippen MR) is 159 cm³/mol. The molecule has 1 N–H and O–H groups in total. The van der Waals surface area contributed by atoms with Gasteiger partial charge < -0.3 is 10.1 Å². The molecule has 10 nitrogen and oxygen atoms in total. The minimum absolute atomic E-state index is 0.0848. The normalized spacial score (nSPS) is 11.2. The number of nitrogens with zero attached hydrogens (tertiary/aromatic N) is 4. The number of nitrogens with one attached hydrogen (secondary N) is 1. The Hall–Kier alpha value is -4.09. The quantitative estimate of drug-likeness (QED) is 0.125. The summed E-state index contributed by atoms with van der Waals surface area (Å²) in [5.74, 6) is -0.278. The molecule has 0 fully saturated rings. The molecule has 0 atom stereocenters. The van der Waals surface area contributed by atoms with Crippen molar-refractivity contribution in [2.75, 3.05) is 11.9 Å². The molecule has 206 valence electrons. The van der Waals surface area contributed by atoms with Crippen molar-refractivity contribution in [1.82, 2.24) is 9.66 Å². The van der Waals surface area contributed by atoms with Crippen LogP contribution in [-0.4, -0.2) is 33.3 Å². The van der Waals surface area contributed by atoms with Crippen LogP contribution in [0.3, 0.4) is 0 Å². The van der Waals surface area contributed by atoms with Gasteiger partial charge in [-0.05, 0) is 49.2 Å². The summed E-state index contributed by atoms with van der Waals surface area (Å²) in [5.41, 5.74) is 1.46. The molecule has 1 aromatic heterocycles. The second-order valence-corrected chi connectivity index (χ2v) is 10.2. The number of anilines is 1. The minimum atomic E-state index is -0.661. The van der Waals surface area contributed by atoms with Crippen LogP contribution in [0, 0.1) is 17.0 Å². The molecule has 0 unspecified atom stereocenters. The Balaban J connectivity index is 1.63. The number of amides is 1. The molecular weight excluding hydrogens is 602 g/mol. The minimum Gasteiger partial charge on any atom is -0.476 e. The van der Waals surface area contributed by atoms with Crippen LogP contribution in [0.5, 0.6) is 5.75 Å². The van der Waals surface area contributed by atoms with E-state index in [4.69, 9.17) is 16.3 Å². The number of aromatic nitrogens is 2. The number of hydrogen-bond donors (Lipinski definition) is 1. The van der Waals surface area contributed by atoms with Gasteiger partial charge in [-0.1, -0.05) is 59.1 Å². The van der Waals surface area contributed by atoms with E-state index in [1.165, 1.54) is 23.0 Å². The fraction of sp³-hybridized carbons (Fsp3) is 0.214. The molecule has 0 saturated carbocycles. The molecule has 12 heteroatoms. The lowest BCUT2D eigenvalue weighted by Gasteiger charge is -2.11. The van der Waals surface area contributed by atoms with E-state index < -0.39 is 23.1 Å². The average Bonchev–Trinajstić information content (AvgIpc) is 2.92. The summed E-state index contributed by atoms with van der Waals surface area (Å²) in [5, 5.41) is 19.2. The lowest BCUT2D eigenvalue weighted by atomic mass is 10.2. The molecular formula is C28H25BrClN5O5. The number of benzene rings is 3. The van der Waals surface area contributed by atoms with Crippen LogP contribution in [-0.2, 0) is 11.2 Å². The van der Waals surface area contributed by atoms with Crippen LogP contribution in [0.25, 0.3) is 10.9 Å². The molecule has 4 aromatic rings. The fourth-order valence-electron chi connectivity index (χ4n) is 3.92. The molecule has 4 rings (SSSR count). The molecule has 0 saturated heterocycles. The van der Waals surface area contributed by atoms with Crippen LogP contribution in [0.15, 0.2) is 69.0 Å². The molecule has 3 aromatic carbocycles. The second-order valence-electron chi connectivity index (χ2n) is 8.91. The number of ether oxygens (including phenoxy) is 1. The van der Waals surface area contributed by atoms with Crippen molar-refractivity contribution in [1.29, 1.82) is 0 Å². The third-order valence-electron chi connectivity index (χ3n) is 5.96. The van der Waals surface area contributed by atoms with E-state index in [-0.39, 0.29) is 21.9 Å². The van der Waals surface area contributed by atoms with Crippen molar-refractivity contribution in [3.8, 4) is 5.75 Å². The Morgan fingerprint density at radius 3 is 2.75 bits per heavy atom. The monoisotopic (exact) mass is 625 g/mol. The van der Waals surface area contributed by atoms with Gasteiger partial charge in [-0.2, -0.15) is 9.78 Å². The molecule has 0 radical (unpaired) electrons. The average molecular weight is 627 g/mol. The predicted octanol–water partition coefficient (Wildman–Crippen LogP) is 6.27. The number of para-hydroxylation sites is 1. The van der Waals surface area contributed by atoms with Gasteiger partial charge in [-0.3, -0.25) is 19.7 Å². The summed E-state index contributed by atoms with van der Waals surface area (Å²) < 4.78 is 7.39. The molecule has 0 aliphatic carbocycles. The first-order valence-corrected chi connectivity index (χ1v) is 13.6. The van der Waals surface area contributed by atoms with Crippen molar-refractivity contribution < 1.29 is 14.5 Å². The van der Waals surface area contributed by atoms with Crippen molar-refractivity contribution >= 4 is 61.9 Å². The number of rotatable bonds is 10. The molecule has 0 bridgehead atoms. The summed E-state index contributed by atoms with van der Waals surface area (Å²) >= 11 is 9.72. The maximum Gasteiger partial charge on any atom is 0.313 e. The van der Waals surface area contributed by atoms with E-state index in [1.54, 1.807) is 24.3 Å². The molecule has 1 heterocycles. The Kier molecular flexibility index (Phi) is 9.28. The summed E-state index contributed by atoms with van der Waals surface area (Å²) in [7, 11) is 0. The maximum atomic E-state index is 13.3. The van der Waals surface area contributed by atoms with E-state index in [0.29, 0.717) is 28.8 Å². The maximum absolute atomic E-state index is 13.3. The summed E-state index contributed by atoms with van der Waals surface area (Å²) in [4.78, 5) is 41.5. The zero-order chi connectivity index (χ0) is 28.8. The van der Waals surface area contributed by atoms with Crippen LogP contribution >= 0.6 is 27.5 Å². The number of hydrogen-bond acceptors (Lipinski definition) is 7. The number of carbonyl (C=O) groups excluding carboxylic acids is 1. The van der Waals surface area contributed by atoms with E-state index in [1.807, 2.05) is 32.0 Å². The first kappa shape index (κ1) is 28.9. The summed E-state index contributed by atoms with van der Waals surface area (Å²) in [6.07, 6.45) is 3.51. The van der Waals surface area contributed by atoms with Gasteiger partial charge in [0.15, 0.2) is 6.61 Å². The van der Waals surface area contributed by atoms with E-state index in [0.717, 1.165) is 22.9 Å². The number of carbonyl (C=O) groups is 1. The highest BCUT2D eigenvalue weighted by Gasteiger charge is 2.22. The molecule has 0 aliphatic heterocycles. The first-order chi connectivity index (χ1) is 19.2. The molecule has 1 amide bonds. The second kappa shape index (κ2) is 12.8. The topological polar surface area (TPSA) is 129 Å². The van der Waals surface area contributed by atoms with Gasteiger partial charge in [-0.25, -0.2) is 4.98 Å². The summed E-state index contributed by atoms with van der Waals surface area (Å²) in [6.45, 7) is 3.38. The number of nitro benzene ring substituents is 1. The highest BCUT2D eigenvalue weighted by atomic mass is 79.9. The van der Waals surface area contributed by atoms with Crippen LogP contribution in [0.2, 0.25) is 5.02 Å². The largest absolute Gasteiger partial charge is 0.476 e. The van der Waals surface area contributed by atoms with Crippen molar-refractivity contribution in [2.45, 2.75) is 33.1 Å². The zero-order valence-corrected chi connectivity index (χ0v) is 24.0. The Labute approximate surface area is 242 Å². The fourth-order valence-corrected chi connectivity index (χ4v) is 4.56. The van der Waals surface area contributed by atoms with Gasteiger partial charge in [0.1, 0.15) is 5.82 Å². The van der Waals surface area contributed by atoms with Crippen molar-refractivity contribution in [2.24, 2.45) is 5.10 Å². The van der Waals surface area contributed by atoms with Gasteiger partial charge in [0, 0.05) is 28.2 Å². The van der Waals surface area contributed by atoms with Crippen LogP contribution < -0.4 is 15.6 Å². The van der Waals surface area contributed by atoms with Gasteiger partial charge in [-0.15, -0.1) is 0 Å². The van der Waals surface area contributed by atoms with E-state index in [2.05, 4.69) is 31.3 Å².